The number of hydrogen-bond acceptors (Lipinski definition) is 0. The van der Waals surface area contributed by atoms with Crippen LogP contribution in [-0.2, 0) is 0 Å². The molecule has 0 amide bonds. The molecule has 1 aromatic rings. The molecule has 2 saturated carbocycles. The molecule has 4 heteroatoms. The van der Waals surface area contributed by atoms with Gasteiger partial charge >= 0.3 is 6.18 Å². The molecule has 0 nitrogen and oxygen atoms in total. The third-order valence-corrected chi connectivity index (χ3v) is 7.30. The van der Waals surface area contributed by atoms with Crippen LogP contribution in [-0.4, -0.2) is 6.18 Å². The van der Waals surface area contributed by atoms with Crippen molar-refractivity contribution in [3.05, 3.63) is 40.4 Å². The summed E-state index contributed by atoms with van der Waals surface area (Å²) in [6.07, 6.45) is 10.3. The van der Waals surface area contributed by atoms with Crippen molar-refractivity contribution in [2.45, 2.75) is 83.2 Å². The molecule has 0 spiro atoms. The van der Waals surface area contributed by atoms with Gasteiger partial charge in [-0.25, -0.2) is 0 Å². The average Bonchev–Trinajstić information content (AvgIpc) is 2.67. The smallest absolute Gasteiger partial charge is 0.167 e. The van der Waals surface area contributed by atoms with E-state index in [0.717, 1.165) is 23.8 Å². The van der Waals surface area contributed by atoms with Gasteiger partial charge in [0.1, 0.15) is 0 Å². The van der Waals surface area contributed by atoms with E-state index >= 15 is 0 Å². The maximum absolute atomic E-state index is 12.4. The summed E-state index contributed by atoms with van der Waals surface area (Å²) in [5.74, 6) is 3.23. The topological polar surface area (TPSA) is 0 Å². The molecule has 0 atom stereocenters. The van der Waals surface area contributed by atoms with Crippen LogP contribution in [0, 0.1) is 17.8 Å². The molecule has 0 unspecified atom stereocenters. The first-order chi connectivity index (χ1) is 13.4. The Balaban J connectivity index is 1.52. The molecule has 0 bridgehead atoms. The Kier molecular flexibility index (Phi) is 7.53. The molecule has 2 fully saturated rings. The molecule has 1 aromatic carbocycles. The van der Waals surface area contributed by atoms with E-state index in [0.29, 0.717) is 16.5 Å². The first-order valence-electron chi connectivity index (χ1n) is 10.9. The predicted molar refractivity (Wildman–Crippen MR) is 112 cm³/mol. The van der Waals surface area contributed by atoms with Gasteiger partial charge < -0.3 is 0 Å². The van der Waals surface area contributed by atoms with Gasteiger partial charge in [0.25, 0.3) is 0 Å². The van der Waals surface area contributed by atoms with Crippen molar-refractivity contribution >= 4 is 17.7 Å². The summed E-state index contributed by atoms with van der Waals surface area (Å²) in [7, 11) is 0. The Morgan fingerprint density at radius 1 is 0.964 bits per heavy atom. The Morgan fingerprint density at radius 2 is 1.57 bits per heavy atom. The second kappa shape index (κ2) is 9.69. The monoisotopic (exact) mass is 412 g/mol. The van der Waals surface area contributed by atoms with Crippen LogP contribution < -0.4 is 0 Å². The Bertz CT molecular complexity index is 648. The number of allylic oxidation sites excluding steroid dienone is 1. The van der Waals surface area contributed by atoms with Crippen LogP contribution in [0.1, 0.15) is 88.2 Å². The number of hydrogen-bond donors (Lipinski definition) is 0. The third kappa shape index (κ3) is 6.02. The summed E-state index contributed by atoms with van der Waals surface area (Å²) >= 11 is 6.25. The minimum atomic E-state index is -4.31. The van der Waals surface area contributed by atoms with Crippen LogP contribution in [0.15, 0.2) is 24.3 Å². The fourth-order valence-electron chi connectivity index (χ4n) is 5.40. The van der Waals surface area contributed by atoms with Gasteiger partial charge in [0.15, 0.2) is 0 Å². The van der Waals surface area contributed by atoms with Crippen LogP contribution in [0.3, 0.4) is 0 Å². The number of rotatable bonds is 5. The fraction of sp³-hybridized carbons (Fsp3) is 0.667. The highest BCUT2D eigenvalue weighted by Crippen LogP contribution is 2.44. The summed E-state index contributed by atoms with van der Waals surface area (Å²) in [6.45, 7) is 2.29. The van der Waals surface area contributed by atoms with Gasteiger partial charge in [-0.2, -0.15) is 13.2 Å². The molecule has 0 aromatic heterocycles. The van der Waals surface area contributed by atoms with Crippen LogP contribution in [0.25, 0.3) is 6.08 Å². The lowest BCUT2D eigenvalue weighted by atomic mass is 9.68. The van der Waals surface area contributed by atoms with E-state index in [1.807, 2.05) is 12.1 Å². The van der Waals surface area contributed by atoms with Crippen molar-refractivity contribution in [2.75, 3.05) is 0 Å². The first-order valence-corrected chi connectivity index (χ1v) is 11.3. The highest BCUT2D eigenvalue weighted by molar-refractivity contribution is 6.32. The molecule has 0 radical (unpaired) electrons. The summed E-state index contributed by atoms with van der Waals surface area (Å²) in [4.78, 5) is 0. The summed E-state index contributed by atoms with van der Waals surface area (Å²) in [5.41, 5.74) is 1.61. The van der Waals surface area contributed by atoms with Gasteiger partial charge in [-0.05, 0) is 85.5 Å². The third-order valence-electron chi connectivity index (χ3n) is 6.97. The molecular formula is C24H32ClF3. The van der Waals surface area contributed by atoms with Crippen molar-refractivity contribution in [1.29, 1.82) is 0 Å². The lowest BCUT2D eigenvalue weighted by Crippen LogP contribution is -2.25. The van der Waals surface area contributed by atoms with E-state index in [9.17, 15) is 13.2 Å². The SMILES string of the molecule is CCCC1CCC(C2CCC(c3ccc(C=CC(F)(F)F)c(Cl)c3)CC2)CC1. The van der Waals surface area contributed by atoms with Gasteiger partial charge in [0.2, 0.25) is 0 Å². The molecule has 0 saturated heterocycles. The highest BCUT2D eigenvalue weighted by Gasteiger charge is 2.31. The molecular weight excluding hydrogens is 381 g/mol. The molecule has 28 heavy (non-hydrogen) atoms. The number of alkyl halides is 3. The van der Waals surface area contributed by atoms with Crippen molar-refractivity contribution in [2.24, 2.45) is 17.8 Å². The molecule has 3 rings (SSSR count). The molecule has 2 aliphatic carbocycles. The zero-order chi connectivity index (χ0) is 20.1. The zero-order valence-electron chi connectivity index (χ0n) is 16.8. The van der Waals surface area contributed by atoms with Crippen molar-refractivity contribution in [1.82, 2.24) is 0 Å². The Hall–Kier alpha value is -0.960. The van der Waals surface area contributed by atoms with Crippen LogP contribution in [0.5, 0.6) is 0 Å². The molecule has 0 heterocycles. The molecule has 0 aliphatic heterocycles. The minimum Gasteiger partial charge on any atom is -0.167 e. The van der Waals surface area contributed by atoms with Gasteiger partial charge in [-0.3, -0.25) is 0 Å². The van der Waals surface area contributed by atoms with Crippen LogP contribution in [0.4, 0.5) is 13.2 Å². The number of halogens is 4. The Labute approximate surface area is 172 Å². The van der Waals surface area contributed by atoms with Crippen molar-refractivity contribution in [3.63, 3.8) is 0 Å². The Morgan fingerprint density at radius 3 is 2.11 bits per heavy atom. The summed E-state index contributed by atoms with van der Waals surface area (Å²) < 4.78 is 37.1. The van der Waals surface area contributed by atoms with Crippen LogP contribution >= 0.6 is 11.6 Å². The molecule has 156 valence electrons. The van der Waals surface area contributed by atoms with E-state index in [-0.39, 0.29) is 6.08 Å². The van der Waals surface area contributed by atoms with Crippen molar-refractivity contribution < 1.29 is 13.2 Å². The first kappa shape index (κ1) is 21.7. The normalized spacial score (nSPS) is 29.3. The largest absolute Gasteiger partial charge is 0.409 e. The second-order valence-electron chi connectivity index (χ2n) is 8.84. The van der Waals surface area contributed by atoms with Gasteiger partial charge in [0.05, 0.1) is 0 Å². The zero-order valence-corrected chi connectivity index (χ0v) is 17.5. The van der Waals surface area contributed by atoms with E-state index in [4.69, 9.17) is 11.6 Å². The minimum absolute atomic E-state index is 0.244. The van der Waals surface area contributed by atoms with Gasteiger partial charge in [0, 0.05) is 11.1 Å². The second-order valence-corrected chi connectivity index (χ2v) is 9.24. The standard InChI is InChI=1S/C24H32ClF3/c1-2-3-17-4-6-18(7-5-17)19-8-10-20(11-9-19)22-13-12-21(23(25)16-22)14-15-24(26,27)28/h12-20H,2-11H2,1H3. The molecule has 2 aliphatic rings. The van der Waals surface area contributed by atoms with Crippen molar-refractivity contribution in [3.8, 4) is 0 Å². The van der Waals surface area contributed by atoms with E-state index in [2.05, 4.69) is 6.92 Å². The van der Waals surface area contributed by atoms with Gasteiger partial charge in [-0.15, -0.1) is 0 Å². The van der Waals surface area contributed by atoms with E-state index in [1.165, 1.54) is 69.8 Å². The quantitative estimate of drug-likeness (QED) is 0.453. The maximum Gasteiger partial charge on any atom is 0.409 e. The molecule has 0 N–H and O–H groups in total. The highest BCUT2D eigenvalue weighted by atomic mass is 35.5. The fourth-order valence-corrected chi connectivity index (χ4v) is 5.65. The lowest BCUT2D eigenvalue weighted by molar-refractivity contribution is -0.0790. The summed E-state index contributed by atoms with van der Waals surface area (Å²) in [5, 5.41) is 0.411. The predicted octanol–water partition coefficient (Wildman–Crippen LogP) is 8.80. The van der Waals surface area contributed by atoms with E-state index in [1.54, 1.807) is 6.07 Å². The average molecular weight is 413 g/mol. The lowest BCUT2D eigenvalue weighted by Gasteiger charge is -2.38. The van der Waals surface area contributed by atoms with Crippen LogP contribution in [0.2, 0.25) is 5.02 Å². The number of benzene rings is 1. The van der Waals surface area contributed by atoms with Gasteiger partial charge in [-0.1, -0.05) is 56.3 Å². The summed E-state index contributed by atoms with van der Waals surface area (Å²) in [6, 6.07) is 5.56. The maximum atomic E-state index is 12.4. The van der Waals surface area contributed by atoms with E-state index < -0.39 is 6.18 Å².